The first kappa shape index (κ1) is 11.1. The van der Waals surface area contributed by atoms with Crippen molar-refractivity contribution in [2.75, 3.05) is 0 Å². The number of phenolic OH excluding ortho intramolecular Hbond substituents is 1. The second-order valence-electron chi connectivity index (χ2n) is 3.67. The van der Waals surface area contributed by atoms with Gasteiger partial charge in [-0.3, -0.25) is 4.98 Å². The summed E-state index contributed by atoms with van der Waals surface area (Å²) in [5.41, 5.74) is 2.92. The van der Waals surface area contributed by atoms with Gasteiger partial charge in [0.15, 0.2) is 0 Å². The molecule has 0 amide bonds. The highest BCUT2D eigenvalue weighted by molar-refractivity contribution is 7.09. The number of nitrogens with one attached hydrogen (secondary N) is 1. The average Bonchev–Trinajstić information content (AvgIpc) is 2.78. The van der Waals surface area contributed by atoms with Crippen molar-refractivity contribution in [3.8, 4) is 5.75 Å². The molecule has 1 aromatic carbocycles. The molecular formula is C12H14N2OS. The van der Waals surface area contributed by atoms with Crippen LogP contribution < -0.4 is 5.32 Å². The Kier molecular flexibility index (Phi) is 3.54. The molecule has 0 saturated heterocycles. The van der Waals surface area contributed by atoms with E-state index in [1.165, 1.54) is 4.88 Å². The van der Waals surface area contributed by atoms with Crippen molar-refractivity contribution in [1.82, 2.24) is 10.3 Å². The highest BCUT2D eigenvalue weighted by atomic mass is 32.1. The zero-order valence-electron chi connectivity index (χ0n) is 9.05. The van der Waals surface area contributed by atoms with Gasteiger partial charge in [0.25, 0.3) is 0 Å². The van der Waals surface area contributed by atoms with Crippen LogP contribution in [-0.4, -0.2) is 10.1 Å². The Morgan fingerprint density at radius 2 is 2.38 bits per heavy atom. The Bertz CT molecular complexity index is 442. The number of phenols is 1. The van der Waals surface area contributed by atoms with Crippen LogP contribution in [0.3, 0.4) is 0 Å². The third kappa shape index (κ3) is 2.81. The number of thiazole rings is 1. The fourth-order valence-corrected chi connectivity index (χ4v) is 2.04. The fraction of sp³-hybridized carbons (Fsp3) is 0.250. The SMILES string of the molecule is CC(NCc1cncs1)c1cccc(O)c1. The van der Waals surface area contributed by atoms with Gasteiger partial charge in [-0.25, -0.2) is 0 Å². The average molecular weight is 234 g/mol. The van der Waals surface area contributed by atoms with Gasteiger partial charge < -0.3 is 10.4 Å². The lowest BCUT2D eigenvalue weighted by molar-refractivity contribution is 0.472. The van der Waals surface area contributed by atoms with Gasteiger partial charge in [-0.05, 0) is 24.6 Å². The maximum atomic E-state index is 9.38. The van der Waals surface area contributed by atoms with E-state index < -0.39 is 0 Å². The third-order valence-corrected chi connectivity index (χ3v) is 3.22. The van der Waals surface area contributed by atoms with Crippen LogP contribution in [-0.2, 0) is 6.54 Å². The molecule has 0 aliphatic carbocycles. The summed E-state index contributed by atoms with van der Waals surface area (Å²) in [6, 6.07) is 7.54. The van der Waals surface area contributed by atoms with Gasteiger partial charge in [0.1, 0.15) is 5.75 Å². The molecule has 3 nitrogen and oxygen atoms in total. The van der Waals surface area contributed by atoms with Crippen molar-refractivity contribution in [2.45, 2.75) is 19.5 Å². The second-order valence-corrected chi connectivity index (χ2v) is 4.64. The minimum Gasteiger partial charge on any atom is -0.508 e. The van der Waals surface area contributed by atoms with Crippen LogP contribution in [0.1, 0.15) is 23.4 Å². The van der Waals surface area contributed by atoms with Crippen LogP contribution in [0.5, 0.6) is 5.75 Å². The molecule has 84 valence electrons. The van der Waals surface area contributed by atoms with Crippen molar-refractivity contribution >= 4 is 11.3 Å². The van der Waals surface area contributed by atoms with Gasteiger partial charge in [0.2, 0.25) is 0 Å². The molecule has 2 rings (SSSR count). The molecule has 0 fully saturated rings. The Morgan fingerprint density at radius 3 is 3.06 bits per heavy atom. The first-order chi connectivity index (χ1) is 7.75. The van der Waals surface area contributed by atoms with Crippen LogP contribution in [0, 0.1) is 0 Å². The predicted molar refractivity (Wildman–Crippen MR) is 65.5 cm³/mol. The molecule has 2 aromatic rings. The van der Waals surface area contributed by atoms with Gasteiger partial charge in [-0.2, -0.15) is 0 Å². The topological polar surface area (TPSA) is 45.2 Å². The summed E-state index contributed by atoms with van der Waals surface area (Å²) in [6.45, 7) is 2.89. The molecule has 16 heavy (non-hydrogen) atoms. The Balaban J connectivity index is 1.95. The van der Waals surface area contributed by atoms with E-state index in [1.54, 1.807) is 23.5 Å². The Morgan fingerprint density at radius 1 is 1.50 bits per heavy atom. The second kappa shape index (κ2) is 5.09. The van der Waals surface area contributed by atoms with Gasteiger partial charge in [-0.15, -0.1) is 11.3 Å². The molecule has 1 unspecified atom stereocenters. The van der Waals surface area contributed by atoms with E-state index in [0.717, 1.165) is 12.1 Å². The van der Waals surface area contributed by atoms with Crippen LogP contribution in [0.15, 0.2) is 36.0 Å². The number of aromatic hydroxyl groups is 1. The van der Waals surface area contributed by atoms with E-state index in [1.807, 2.05) is 23.8 Å². The number of rotatable bonds is 4. The van der Waals surface area contributed by atoms with Gasteiger partial charge in [0.05, 0.1) is 5.51 Å². The van der Waals surface area contributed by atoms with Gasteiger partial charge in [0, 0.05) is 23.7 Å². The number of nitrogens with zero attached hydrogens (tertiary/aromatic N) is 1. The van der Waals surface area contributed by atoms with E-state index in [2.05, 4.69) is 17.2 Å². The molecule has 0 radical (unpaired) electrons. The van der Waals surface area contributed by atoms with Crippen LogP contribution >= 0.6 is 11.3 Å². The molecule has 4 heteroatoms. The summed E-state index contributed by atoms with van der Waals surface area (Å²) < 4.78 is 0. The summed E-state index contributed by atoms with van der Waals surface area (Å²) in [7, 11) is 0. The largest absolute Gasteiger partial charge is 0.508 e. The van der Waals surface area contributed by atoms with E-state index in [-0.39, 0.29) is 6.04 Å². The molecule has 1 aromatic heterocycles. The molecule has 2 N–H and O–H groups in total. The Hall–Kier alpha value is -1.39. The summed E-state index contributed by atoms with van der Waals surface area (Å²) in [5.74, 6) is 0.309. The summed E-state index contributed by atoms with van der Waals surface area (Å²) in [4.78, 5) is 5.24. The molecule has 0 bridgehead atoms. The van der Waals surface area contributed by atoms with E-state index in [4.69, 9.17) is 0 Å². The van der Waals surface area contributed by atoms with Crippen LogP contribution in [0.2, 0.25) is 0 Å². The fourth-order valence-electron chi connectivity index (χ4n) is 1.50. The molecule has 1 atom stereocenters. The lowest BCUT2D eigenvalue weighted by Crippen LogP contribution is -2.17. The van der Waals surface area contributed by atoms with Gasteiger partial charge >= 0.3 is 0 Å². The highest BCUT2D eigenvalue weighted by Crippen LogP contribution is 2.18. The van der Waals surface area contributed by atoms with E-state index in [9.17, 15) is 5.11 Å². The zero-order valence-corrected chi connectivity index (χ0v) is 9.87. The minimum atomic E-state index is 0.217. The summed E-state index contributed by atoms with van der Waals surface area (Å²) in [5, 5.41) is 12.8. The quantitative estimate of drug-likeness (QED) is 0.855. The van der Waals surface area contributed by atoms with Gasteiger partial charge in [-0.1, -0.05) is 12.1 Å². The number of hydrogen-bond donors (Lipinski definition) is 2. The summed E-state index contributed by atoms with van der Waals surface area (Å²) >= 11 is 1.64. The maximum Gasteiger partial charge on any atom is 0.115 e. The first-order valence-corrected chi connectivity index (χ1v) is 6.03. The van der Waals surface area contributed by atoms with Crippen molar-refractivity contribution in [2.24, 2.45) is 0 Å². The number of benzene rings is 1. The standard InChI is InChI=1S/C12H14N2OS/c1-9(10-3-2-4-11(15)5-10)14-7-12-6-13-8-16-12/h2-6,8-9,14-15H,7H2,1H3. The van der Waals surface area contributed by atoms with Crippen LogP contribution in [0.4, 0.5) is 0 Å². The highest BCUT2D eigenvalue weighted by Gasteiger charge is 2.05. The molecule has 0 saturated carbocycles. The first-order valence-electron chi connectivity index (χ1n) is 5.15. The third-order valence-electron chi connectivity index (χ3n) is 2.44. The molecule has 0 aliphatic rings. The number of hydrogen-bond acceptors (Lipinski definition) is 4. The van der Waals surface area contributed by atoms with E-state index in [0.29, 0.717) is 5.75 Å². The summed E-state index contributed by atoms with van der Waals surface area (Å²) in [6.07, 6.45) is 1.87. The predicted octanol–water partition coefficient (Wildman–Crippen LogP) is 2.70. The van der Waals surface area contributed by atoms with Crippen LogP contribution in [0.25, 0.3) is 0 Å². The molecule has 1 heterocycles. The lowest BCUT2D eigenvalue weighted by atomic mass is 10.1. The van der Waals surface area contributed by atoms with Crippen molar-refractivity contribution in [1.29, 1.82) is 0 Å². The Labute approximate surface area is 98.8 Å². The molecular weight excluding hydrogens is 220 g/mol. The normalized spacial score (nSPS) is 12.6. The number of aromatic nitrogens is 1. The van der Waals surface area contributed by atoms with Crippen molar-refractivity contribution in [3.63, 3.8) is 0 Å². The maximum absolute atomic E-state index is 9.38. The van der Waals surface area contributed by atoms with Crippen molar-refractivity contribution < 1.29 is 5.11 Å². The molecule has 0 aliphatic heterocycles. The van der Waals surface area contributed by atoms with Crippen molar-refractivity contribution in [3.05, 3.63) is 46.4 Å². The van der Waals surface area contributed by atoms with E-state index >= 15 is 0 Å². The molecule has 0 spiro atoms. The lowest BCUT2D eigenvalue weighted by Gasteiger charge is -2.13. The monoisotopic (exact) mass is 234 g/mol. The minimum absolute atomic E-state index is 0.217. The smallest absolute Gasteiger partial charge is 0.115 e. The zero-order chi connectivity index (χ0) is 11.4.